The van der Waals surface area contributed by atoms with Crippen LogP contribution in [-0.4, -0.2) is 56.6 Å². The number of aromatic nitrogens is 3. The molecule has 11 heteroatoms. The highest BCUT2D eigenvalue weighted by Crippen LogP contribution is 2.41. The summed E-state index contributed by atoms with van der Waals surface area (Å²) < 4.78 is 17.8. The van der Waals surface area contributed by atoms with E-state index < -0.39 is 35.9 Å². The quantitative estimate of drug-likeness (QED) is 0.505. The number of esters is 2. The van der Waals surface area contributed by atoms with Crippen molar-refractivity contribution in [2.75, 3.05) is 12.3 Å². The third-order valence-electron chi connectivity index (χ3n) is 5.37. The molecule has 1 saturated heterocycles. The molecule has 170 valence electrons. The van der Waals surface area contributed by atoms with E-state index in [0.29, 0.717) is 11.1 Å². The van der Waals surface area contributed by atoms with E-state index in [9.17, 15) is 20.0 Å². The van der Waals surface area contributed by atoms with Gasteiger partial charge >= 0.3 is 11.9 Å². The number of carbonyl (C=O) groups excluding carboxylic acids is 2. The second-order valence-electron chi connectivity index (χ2n) is 7.53. The highest BCUT2D eigenvalue weighted by Gasteiger charge is 2.60. The zero-order valence-corrected chi connectivity index (χ0v) is 17.6. The van der Waals surface area contributed by atoms with Crippen molar-refractivity contribution in [1.29, 1.82) is 5.26 Å². The summed E-state index contributed by atoms with van der Waals surface area (Å²) in [6.45, 7) is 0.874. The number of benzene rings is 1. The minimum absolute atomic E-state index is 0.0539. The van der Waals surface area contributed by atoms with Gasteiger partial charge < -0.3 is 25.1 Å². The first-order chi connectivity index (χ1) is 15.9. The standard InChI is InChI=1S/C22H21N5O6/c1-13(28)31-10-16-19(32-18(29)9-14-5-3-2-4-6-14)20(30)22(11-23,33-16)17-8-7-15-21(24)25-12-26-27(15)17/h2-8,12,16,19-20,30H,9-10H2,1H3,(H2,24,25,26)/t16-,19-,20-,22+/m1/s1. The summed E-state index contributed by atoms with van der Waals surface area (Å²) in [4.78, 5) is 27.9. The summed E-state index contributed by atoms with van der Waals surface area (Å²) >= 11 is 0. The molecule has 0 amide bonds. The van der Waals surface area contributed by atoms with Gasteiger partial charge in [-0.3, -0.25) is 9.59 Å². The van der Waals surface area contributed by atoms with E-state index in [1.165, 1.54) is 23.8 Å². The second-order valence-corrected chi connectivity index (χ2v) is 7.53. The number of rotatable bonds is 6. The second kappa shape index (κ2) is 8.85. The van der Waals surface area contributed by atoms with Crippen LogP contribution >= 0.6 is 0 Å². The van der Waals surface area contributed by atoms with Crippen LogP contribution in [0.4, 0.5) is 5.82 Å². The monoisotopic (exact) mass is 451 g/mol. The van der Waals surface area contributed by atoms with E-state index >= 15 is 0 Å². The van der Waals surface area contributed by atoms with Crippen LogP contribution in [0, 0.1) is 11.3 Å². The molecule has 2 aromatic heterocycles. The third kappa shape index (κ3) is 4.09. The number of nitrogens with two attached hydrogens (primary N) is 1. The van der Waals surface area contributed by atoms with Gasteiger partial charge in [0.25, 0.3) is 0 Å². The maximum atomic E-state index is 12.6. The van der Waals surface area contributed by atoms with Crippen molar-refractivity contribution in [3.8, 4) is 6.07 Å². The zero-order valence-electron chi connectivity index (χ0n) is 17.6. The van der Waals surface area contributed by atoms with E-state index in [1.807, 2.05) is 12.1 Å². The Balaban J connectivity index is 1.67. The highest BCUT2D eigenvalue weighted by molar-refractivity contribution is 5.73. The van der Waals surface area contributed by atoms with Gasteiger partial charge in [0, 0.05) is 6.92 Å². The Morgan fingerprint density at radius 1 is 1.30 bits per heavy atom. The highest BCUT2D eigenvalue weighted by atomic mass is 16.6. The topological polar surface area (TPSA) is 162 Å². The van der Waals surface area contributed by atoms with Gasteiger partial charge in [-0.25, -0.2) is 9.50 Å². The Kier molecular flexibility index (Phi) is 5.95. The van der Waals surface area contributed by atoms with Gasteiger partial charge in [0.15, 0.2) is 11.9 Å². The normalized spacial score (nSPS) is 24.3. The summed E-state index contributed by atoms with van der Waals surface area (Å²) in [6.07, 6.45) is -2.86. The molecule has 3 heterocycles. The number of carbonyl (C=O) groups is 2. The number of nitrogens with zero attached hydrogens (tertiary/aromatic N) is 4. The minimum atomic E-state index is -1.98. The summed E-state index contributed by atoms with van der Waals surface area (Å²) in [5.41, 5.74) is 5.18. The molecular formula is C22H21N5O6. The number of nitriles is 1. The Bertz CT molecular complexity index is 1220. The number of nitrogen functional groups attached to an aromatic ring is 1. The number of hydrogen-bond acceptors (Lipinski definition) is 10. The first-order valence-corrected chi connectivity index (χ1v) is 10.1. The van der Waals surface area contributed by atoms with Crippen LogP contribution in [-0.2, 0) is 35.8 Å². The van der Waals surface area contributed by atoms with Gasteiger partial charge in [-0.2, -0.15) is 10.4 Å². The van der Waals surface area contributed by atoms with Crippen molar-refractivity contribution in [2.45, 2.75) is 37.3 Å². The molecule has 3 aromatic rings. The Morgan fingerprint density at radius 2 is 2.06 bits per heavy atom. The van der Waals surface area contributed by atoms with Gasteiger partial charge in [0.1, 0.15) is 36.7 Å². The molecule has 1 fully saturated rings. The predicted molar refractivity (Wildman–Crippen MR) is 112 cm³/mol. The smallest absolute Gasteiger partial charge is 0.310 e. The van der Waals surface area contributed by atoms with Gasteiger partial charge in [0.05, 0.1) is 12.1 Å². The van der Waals surface area contributed by atoms with Gasteiger partial charge in [-0.05, 0) is 17.7 Å². The average Bonchev–Trinajstić information content (AvgIpc) is 3.34. The molecule has 0 radical (unpaired) electrons. The first-order valence-electron chi connectivity index (χ1n) is 10.1. The van der Waals surface area contributed by atoms with Crippen LogP contribution in [0.1, 0.15) is 18.2 Å². The maximum absolute atomic E-state index is 12.6. The predicted octanol–water partition coefficient (Wildman–Crippen LogP) is 0.508. The number of aliphatic hydroxyl groups excluding tert-OH is 1. The molecule has 4 rings (SSSR count). The molecule has 33 heavy (non-hydrogen) atoms. The third-order valence-corrected chi connectivity index (χ3v) is 5.37. The number of anilines is 1. The number of aliphatic hydroxyl groups is 1. The molecule has 0 saturated carbocycles. The number of hydrogen-bond donors (Lipinski definition) is 2. The van der Waals surface area contributed by atoms with Crippen molar-refractivity contribution in [3.63, 3.8) is 0 Å². The molecule has 0 unspecified atom stereocenters. The molecule has 4 atom stereocenters. The molecular weight excluding hydrogens is 430 g/mol. The van der Waals surface area contributed by atoms with Crippen molar-refractivity contribution >= 4 is 23.3 Å². The fraction of sp³-hybridized carbons (Fsp3) is 0.318. The van der Waals surface area contributed by atoms with Crippen molar-refractivity contribution in [1.82, 2.24) is 14.6 Å². The number of fused-ring (bicyclic) bond motifs is 1. The molecule has 0 spiro atoms. The van der Waals surface area contributed by atoms with Crippen LogP contribution in [0.3, 0.4) is 0 Å². The summed E-state index contributed by atoms with van der Waals surface area (Å²) in [6, 6.07) is 14.0. The van der Waals surface area contributed by atoms with Gasteiger partial charge in [0.2, 0.25) is 5.60 Å². The SMILES string of the molecule is CC(=O)OC[C@H]1O[C@@](C#N)(c2ccc3c(N)ncnn23)[C@H](O)[C@@H]1OC(=O)Cc1ccccc1. The lowest BCUT2D eigenvalue weighted by atomic mass is 9.92. The van der Waals surface area contributed by atoms with Crippen LogP contribution in [0.25, 0.3) is 5.52 Å². The molecule has 0 aliphatic carbocycles. The van der Waals surface area contributed by atoms with Crippen molar-refractivity contribution < 1.29 is 28.9 Å². The molecule has 11 nitrogen and oxygen atoms in total. The zero-order chi connectivity index (χ0) is 23.6. The molecule has 1 aliphatic heterocycles. The van der Waals surface area contributed by atoms with Crippen LogP contribution < -0.4 is 5.73 Å². The van der Waals surface area contributed by atoms with Crippen molar-refractivity contribution in [2.24, 2.45) is 0 Å². The molecule has 0 bridgehead atoms. The van der Waals surface area contributed by atoms with E-state index in [-0.39, 0.29) is 24.5 Å². The summed E-state index contributed by atoms with van der Waals surface area (Å²) in [5, 5.41) is 25.4. The van der Waals surface area contributed by atoms with E-state index in [4.69, 9.17) is 19.9 Å². The van der Waals surface area contributed by atoms with Crippen molar-refractivity contribution in [3.05, 3.63) is 60.0 Å². The van der Waals surface area contributed by atoms with E-state index in [2.05, 4.69) is 10.1 Å². The first kappa shape index (κ1) is 22.2. The Hall–Kier alpha value is -4.01. The lowest BCUT2D eigenvalue weighted by molar-refractivity contribution is -0.158. The van der Waals surface area contributed by atoms with Gasteiger partial charge in [-0.1, -0.05) is 30.3 Å². The number of ether oxygens (including phenoxy) is 3. The molecule has 3 N–H and O–H groups in total. The van der Waals surface area contributed by atoms with Crippen LogP contribution in [0.15, 0.2) is 48.8 Å². The van der Waals surface area contributed by atoms with Crippen LogP contribution in [0.2, 0.25) is 0 Å². The molecule has 1 aliphatic rings. The Labute approximate surface area is 188 Å². The van der Waals surface area contributed by atoms with Gasteiger partial charge in [-0.15, -0.1) is 0 Å². The average molecular weight is 451 g/mol. The van der Waals surface area contributed by atoms with E-state index in [1.54, 1.807) is 30.3 Å². The molecule has 1 aromatic carbocycles. The summed E-state index contributed by atoms with van der Waals surface area (Å²) in [7, 11) is 0. The lowest BCUT2D eigenvalue weighted by Crippen LogP contribution is -2.43. The fourth-order valence-corrected chi connectivity index (χ4v) is 3.83. The lowest BCUT2D eigenvalue weighted by Gasteiger charge is -2.24. The van der Waals surface area contributed by atoms with E-state index in [0.717, 1.165) is 0 Å². The maximum Gasteiger partial charge on any atom is 0.310 e. The Morgan fingerprint density at radius 3 is 2.76 bits per heavy atom. The summed E-state index contributed by atoms with van der Waals surface area (Å²) in [5.74, 6) is -1.06. The fourth-order valence-electron chi connectivity index (χ4n) is 3.83. The largest absolute Gasteiger partial charge is 0.463 e. The minimum Gasteiger partial charge on any atom is -0.463 e. The van der Waals surface area contributed by atoms with Crippen LogP contribution in [0.5, 0.6) is 0 Å².